The molecule has 0 aliphatic carbocycles. The van der Waals surface area contributed by atoms with Crippen LogP contribution in [0.15, 0.2) is 97.2 Å². The molecule has 8 nitrogen and oxygen atoms in total. The number of thiophene rings is 1. The van der Waals surface area contributed by atoms with Gasteiger partial charge in [0.1, 0.15) is 17.6 Å². The zero-order valence-electron chi connectivity index (χ0n) is 21.3. The van der Waals surface area contributed by atoms with Gasteiger partial charge in [0.15, 0.2) is 0 Å². The van der Waals surface area contributed by atoms with Gasteiger partial charge in [-0.3, -0.25) is 9.59 Å². The maximum absolute atomic E-state index is 14.6. The van der Waals surface area contributed by atoms with Gasteiger partial charge in [0, 0.05) is 23.9 Å². The van der Waals surface area contributed by atoms with Gasteiger partial charge >= 0.3 is 5.97 Å². The largest absolute Gasteiger partial charge is 0.480 e. The molecule has 5 rings (SSSR count). The van der Waals surface area contributed by atoms with Crippen LogP contribution in [0.1, 0.15) is 26.3 Å². The second-order valence-electron chi connectivity index (χ2n) is 9.01. The highest BCUT2D eigenvalue weighted by Crippen LogP contribution is 2.33. The van der Waals surface area contributed by atoms with Crippen LogP contribution in [0.3, 0.4) is 0 Å². The number of carboxylic acids is 1. The Kier molecular flexibility index (Phi) is 8.23. The molecule has 2 amide bonds. The number of para-hydroxylation sites is 1. The number of carbonyl (C=O) groups is 3. The lowest BCUT2D eigenvalue weighted by Crippen LogP contribution is -2.42. The summed E-state index contributed by atoms with van der Waals surface area (Å²) >= 11 is 7.38. The third-order valence-corrected chi connectivity index (χ3v) is 7.33. The molecule has 11 heteroatoms. The van der Waals surface area contributed by atoms with Crippen molar-refractivity contribution in [2.24, 2.45) is 0 Å². The Bertz CT molecular complexity index is 1720. The average molecular weight is 589 g/mol. The molecule has 1 atom stereocenters. The topological polar surface area (TPSA) is 113 Å². The third kappa shape index (κ3) is 6.68. The van der Waals surface area contributed by atoms with E-state index in [-0.39, 0.29) is 23.2 Å². The van der Waals surface area contributed by atoms with Crippen LogP contribution in [0, 0.1) is 5.82 Å². The predicted molar refractivity (Wildman–Crippen MR) is 155 cm³/mol. The fourth-order valence-electron chi connectivity index (χ4n) is 4.16. The van der Waals surface area contributed by atoms with Crippen molar-refractivity contribution >= 4 is 46.4 Å². The summed E-state index contributed by atoms with van der Waals surface area (Å²) in [5.41, 5.74) is 1.89. The Labute approximate surface area is 243 Å². The average Bonchev–Trinajstić information content (AvgIpc) is 3.60. The molecule has 2 aromatic heterocycles. The summed E-state index contributed by atoms with van der Waals surface area (Å²) < 4.78 is 16.7. The summed E-state index contributed by atoms with van der Waals surface area (Å²) in [6.07, 6.45) is 1.60. The van der Waals surface area contributed by atoms with Crippen LogP contribution < -0.4 is 10.6 Å². The van der Waals surface area contributed by atoms with Crippen LogP contribution in [0.2, 0.25) is 4.34 Å². The van der Waals surface area contributed by atoms with Gasteiger partial charge < -0.3 is 15.7 Å². The van der Waals surface area contributed by atoms with Gasteiger partial charge in [-0.2, -0.15) is 5.10 Å². The van der Waals surface area contributed by atoms with E-state index in [0.717, 1.165) is 17.8 Å². The molecule has 41 heavy (non-hydrogen) atoms. The Hall–Kier alpha value is -4.80. The van der Waals surface area contributed by atoms with E-state index in [0.29, 0.717) is 20.5 Å². The zero-order chi connectivity index (χ0) is 28.9. The molecular formula is C30H22ClFN4O4S. The van der Waals surface area contributed by atoms with E-state index in [1.807, 2.05) is 30.3 Å². The first-order valence-electron chi connectivity index (χ1n) is 12.4. The maximum Gasteiger partial charge on any atom is 0.326 e. The van der Waals surface area contributed by atoms with Crippen LogP contribution in [0.4, 0.5) is 10.1 Å². The first kappa shape index (κ1) is 27.8. The van der Waals surface area contributed by atoms with Crippen LogP contribution in [0.5, 0.6) is 0 Å². The second-order valence-corrected chi connectivity index (χ2v) is 10.7. The number of hydrogen-bond donors (Lipinski definition) is 3. The van der Waals surface area contributed by atoms with Gasteiger partial charge in [0.05, 0.1) is 20.5 Å². The minimum Gasteiger partial charge on any atom is -0.480 e. The highest BCUT2D eigenvalue weighted by molar-refractivity contribution is 7.19. The Morgan fingerprint density at radius 1 is 0.951 bits per heavy atom. The van der Waals surface area contributed by atoms with E-state index in [4.69, 9.17) is 11.6 Å². The van der Waals surface area contributed by atoms with Crippen LogP contribution >= 0.6 is 22.9 Å². The SMILES string of the molecule is O=C(N[C@@H](Cc1ccccc1)C(=O)O)c1cc(F)cc(NC(=O)c2cn(-c3ccccc3)nc2-c2ccc(Cl)s2)c1. The van der Waals surface area contributed by atoms with E-state index in [1.54, 1.807) is 53.3 Å². The number of anilines is 1. The smallest absolute Gasteiger partial charge is 0.326 e. The molecule has 5 aromatic rings. The molecule has 0 fully saturated rings. The minimum atomic E-state index is -1.24. The molecule has 0 aliphatic rings. The lowest BCUT2D eigenvalue weighted by atomic mass is 10.1. The number of carboxylic acid groups (broad SMARTS) is 1. The minimum absolute atomic E-state index is 0.0118. The first-order valence-corrected chi connectivity index (χ1v) is 13.6. The number of rotatable bonds is 9. The number of halogens is 2. The molecule has 0 aliphatic heterocycles. The van der Waals surface area contributed by atoms with Crippen LogP contribution in [0.25, 0.3) is 16.3 Å². The molecule has 0 spiro atoms. The third-order valence-electron chi connectivity index (χ3n) is 6.09. The van der Waals surface area contributed by atoms with Crippen molar-refractivity contribution < 1.29 is 23.9 Å². The highest BCUT2D eigenvalue weighted by atomic mass is 35.5. The maximum atomic E-state index is 14.6. The number of aromatic nitrogens is 2. The summed E-state index contributed by atoms with van der Waals surface area (Å²) in [5, 5.41) is 19.3. The van der Waals surface area contributed by atoms with Gasteiger partial charge in [-0.1, -0.05) is 60.1 Å². The Morgan fingerprint density at radius 3 is 2.32 bits per heavy atom. The molecule has 3 aromatic carbocycles. The number of nitrogens with one attached hydrogen (secondary N) is 2. The number of aliphatic carboxylic acids is 1. The van der Waals surface area contributed by atoms with Crippen molar-refractivity contribution in [1.29, 1.82) is 0 Å². The molecule has 0 radical (unpaired) electrons. The lowest BCUT2D eigenvalue weighted by Gasteiger charge is -2.15. The van der Waals surface area contributed by atoms with Crippen molar-refractivity contribution in [3.63, 3.8) is 0 Å². The summed E-state index contributed by atoms with van der Waals surface area (Å²) in [7, 11) is 0. The number of benzene rings is 3. The zero-order valence-corrected chi connectivity index (χ0v) is 22.8. The van der Waals surface area contributed by atoms with Gasteiger partial charge in [-0.05, 0) is 48.0 Å². The van der Waals surface area contributed by atoms with Crippen molar-refractivity contribution in [3.8, 4) is 16.3 Å². The van der Waals surface area contributed by atoms with Crippen molar-refractivity contribution in [3.05, 3.63) is 124 Å². The molecule has 2 heterocycles. The molecular weight excluding hydrogens is 567 g/mol. The van der Waals surface area contributed by atoms with Gasteiger partial charge in [-0.15, -0.1) is 11.3 Å². The van der Waals surface area contributed by atoms with Crippen molar-refractivity contribution in [2.75, 3.05) is 5.32 Å². The van der Waals surface area contributed by atoms with Gasteiger partial charge in [-0.25, -0.2) is 13.9 Å². The molecule has 0 unspecified atom stereocenters. The second kappa shape index (κ2) is 12.2. The lowest BCUT2D eigenvalue weighted by molar-refractivity contribution is -0.139. The van der Waals surface area contributed by atoms with E-state index in [9.17, 15) is 23.9 Å². The number of carbonyl (C=O) groups excluding carboxylic acids is 2. The van der Waals surface area contributed by atoms with Crippen molar-refractivity contribution in [1.82, 2.24) is 15.1 Å². The fourth-order valence-corrected chi connectivity index (χ4v) is 5.20. The molecule has 0 bridgehead atoms. The van der Waals surface area contributed by atoms with Gasteiger partial charge in [0.25, 0.3) is 11.8 Å². The molecule has 0 saturated carbocycles. The van der Waals surface area contributed by atoms with E-state index < -0.39 is 29.6 Å². The van der Waals surface area contributed by atoms with E-state index >= 15 is 0 Å². The number of amides is 2. The summed E-state index contributed by atoms with van der Waals surface area (Å²) in [5.74, 6) is -3.40. The van der Waals surface area contributed by atoms with Crippen LogP contribution in [-0.4, -0.2) is 38.7 Å². The van der Waals surface area contributed by atoms with E-state index in [1.165, 1.54) is 17.4 Å². The molecule has 206 valence electrons. The van der Waals surface area contributed by atoms with Crippen molar-refractivity contribution in [2.45, 2.75) is 12.5 Å². The summed E-state index contributed by atoms with van der Waals surface area (Å²) in [4.78, 5) is 38.8. The normalized spacial score (nSPS) is 11.6. The summed E-state index contributed by atoms with van der Waals surface area (Å²) in [6.45, 7) is 0. The highest BCUT2D eigenvalue weighted by Gasteiger charge is 2.23. The Balaban J connectivity index is 1.39. The predicted octanol–water partition coefficient (Wildman–Crippen LogP) is 6.07. The molecule has 0 saturated heterocycles. The number of hydrogen-bond acceptors (Lipinski definition) is 5. The standard InChI is InChI=1S/C30H22ClFN4O4S/c31-26-12-11-25(41-26)27-23(17-36(35-27)22-9-5-2-6-10-22)29(38)33-21-15-19(14-20(32)16-21)28(37)34-24(30(39)40)13-18-7-3-1-4-8-18/h1-12,14-17,24H,13H2,(H,33,38)(H,34,37)(H,39,40)/t24-/m0/s1. The summed E-state index contributed by atoms with van der Waals surface area (Å²) in [6, 6.07) is 23.5. The fraction of sp³-hybridized carbons (Fsp3) is 0.0667. The molecule has 3 N–H and O–H groups in total. The number of nitrogens with zero attached hydrogens (tertiary/aromatic N) is 2. The van der Waals surface area contributed by atoms with Gasteiger partial charge in [0.2, 0.25) is 0 Å². The Morgan fingerprint density at radius 2 is 1.66 bits per heavy atom. The first-order chi connectivity index (χ1) is 19.8. The van der Waals surface area contributed by atoms with Crippen LogP contribution in [-0.2, 0) is 11.2 Å². The van der Waals surface area contributed by atoms with E-state index in [2.05, 4.69) is 15.7 Å². The monoisotopic (exact) mass is 588 g/mol. The quantitative estimate of drug-likeness (QED) is 0.193.